The number of likely N-dealkylation sites (tertiary alicyclic amines) is 1. The third-order valence-electron chi connectivity index (χ3n) is 3.68. The fourth-order valence-electron chi connectivity index (χ4n) is 2.79. The molecule has 1 saturated heterocycles. The Balaban J connectivity index is 1.74. The number of rotatable bonds is 6. The smallest absolute Gasteiger partial charge is 0.317 e. The zero-order valence-electron chi connectivity index (χ0n) is 10.7. The molecule has 0 spiro atoms. The fraction of sp³-hybridized carbons (Fsp3) is 0.533. The van der Waals surface area contributed by atoms with E-state index in [9.17, 15) is 4.79 Å². The molecule has 1 aromatic carbocycles. The molecule has 1 heterocycles. The Hall–Kier alpha value is -1.35. The highest BCUT2D eigenvalue weighted by molar-refractivity contribution is 5.69. The van der Waals surface area contributed by atoms with Crippen molar-refractivity contribution < 1.29 is 9.90 Å². The summed E-state index contributed by atoms with van der Waals surface area (Å²) in [6.45, 7) is 1.15. The Morgan fingerprint density at radius 3 is 2.83 bits per heavy atom. The van der Waals surface area contributed by atoms with Crippen LogP contribution in [0.5, 0.6) is 0 Å². The molecule has 1 aromatic rings. The second-order valence-electron chi connectivity index (χ2n) is 5.04. The van der Waals surface area contributed by atoms with Crippen LogP contribution in [-0.4, -0.2) is 35.1 Å². The van der Waals surface area contributed by atoms with Crippen LogP contribution in [0.15, 0.2) is 30.3 Å². The van der Waals surface area contributed by atoms with Crippen LogP contribution in [0, 0.1) is 0 Å². The van der Waals surface area contributed by atoms with Gasteiger partial charge in [0, 0.05) is 6.04 Å². The number of nitrogens with zero attached hydrogens (tertiary/aromatic N) is 1. The van der Waals surface area contributed by atoms with Gasteiger partial charge in [0.05, 0.1) is 6.54 Å². The SMILES string of the molecule is O=C(O)CN1CCC[C@@H]1CCCc1ccccc1. The van der Waals surface area contributed by atoms with Crippen LogP contribution >= 0.6 is 0 Å². The number of carboxylic acid groups (broad SMARTS) is 1. The summed E-state index contributed by atoms with van der Waals surface area (Å²) in [5.41, 5.74) is 1.38. The van der Waals surface area contributed by atoms with Crippen LogP contribution in [0.1, 0.15) is 31.2 Å². The minimum atomic E-state index is -0.704. The van der Waals surface area contributed by atoms with Crippen molar-refractivity contribution in [3.8, 4) is 0 Å². The standard InChI is InChI=1S/C15H21NO2/c17-15(18)12-16-11-5-10-14(16)9-4-8-13-6-2-1-3-7-13/h1-3,6-7,14H,4-5,8-12H2,(H,17,18)/t14-/m0/s1. The van der Waals surface area contributed by atoms with Gasteiger partial charge in [-0.25, -0.2) is 0 Å². The maximum Gasteiger partial charge on any atom is 0.317 e. The minimum absolute atomic E-state index is 0.204. The summed E-state index contributed by atoms with van der Waals surface area (Å²) < 4.78 is 0. The molecule has 98 valence electrons. The molecule has 0 saturated carbocycles. The number of aryl methyl sites for hydroxylation is 1. The van der Waals surface area contributed by atoms with Gasteiger partial charge in [0.25, 0.3) is 0 Å². The third kappa shape index (κ3) is 3.84. The van der Waals surface area contributed by atoms with E-state index < -0.39 is 5.97 Å². The molecule has 0 aliphatic carbocycles. The molecule has 1 N–H and O–H groups in total. The monoisotopic (exact) mass is 247 g/mol. The van der Waals surface area contributed by atoms with Crippen LogP contribution in [0.25, 0.3) is 0 Å². The van der Waals surface area contributed by atoms with Crippen molar-refractivity contribution in [2.24, 2.45) is 0 Å². The van der Waals surface area contributed by atoms with Crippen LogP contribution in [-0.2, 0) is 11.2 Å². The van der Waals surface area contributed by atoms with Gasteiger partial charge < -0.3 is 5.11 Å². The van der Waals surface area contributed by atoms with Gasteiger partial charge in [-0.05, 0) is 44.2 Å². The Labute approximate surface area is 108 Å². The number of carbonyl (C=O) groups is 1. The third-order valence-corrected chi connectivity index (χ3v) is 3.68. The highest BCUT2D eigenvalue weighted by Gasteiger charge is 2.25. The summed E-state index contributed by atoms with van der Waals surface area (Å²) in [6.07, 6.45) is 5.65. The average Bonchev–Trinajstić information content (AvgIpc) is 2.77. The van der Waals surface area contributed by atoms with Crippen molar-refractivity contribution in [2.75, 3.05) is 13.1 Å². The first kappa shape index (κ1) is 13.1. The molecule has 0 amide bonds. The van der Waals surface area contributed by atoms with Crippen molar-refractivity contribution in [1.82, 2.24) is 4.90 Å². The van der Waals surface area contributed by atoms with Crippen molar-refractivity contribution in [3.63, 3.8) is 0 Å². The number of aliphatic carboxylic acids is 1. The van der Waals surface area contributed by atoms with E-state index in [1.54, 1.807) is 0 Å². The van der Waals surface area contributed by atoms with E-state index in [4.69, 9.17) is 5.11 Å². The highest BCUT2D eigenvalue weighted by atomic mass is 16.4. The lowest BCUT2D eigenvalue weighted by Gasteiger charge is -2.22. The topological polar surface area (TPSA) is 40.5 Å². The summed E-state index contributed by atoms with van der Waals surface area (Å²) in [6, 6.07) is 11.0. The maximum absolute atomic E-state index is 10.8. The van der Waals surface area contributed by atoms with Crippen LogP contribution in [0.2, 0.25) is 0 Å². The second kappa shape index (κ2) is 6.55. The summed E-state index contributed by atoms with van der Waals surface area (Å²) in [7, 11) is 0. The molecule has 0 aromatic heterocycles. The van der Waals surface area contributed by atoms with Crippen LogP contribution < -0.4 is 0 Å². The lowest BCUT2D eigenvalue weighted by Crippen LogP contribution is -2.34. The van der Waals surface area contributed by atoms with Crippen molar-refractivity contribution in [3.05, 3.63) is 35.9 Å². The van der Waals surface area contributed by atoms with Gasteiger partial charge in [0.2, 0.25) is 0 Å². The second-order valence-corrected chi connectivity index (χ2v) is 5.04. The Morgan fingerprint density at radius 1 is 1.33 bits per heavy atom. The van der Waals surface area contributed by atoms with Crippen molar-refractivity contribution in [1.29, 1.82) is 0 Å². The molecule has 18 heavy (non-hydrogen) atoms. The lowest BCUT2D eigenvalue weighted by atomic mass is 10.0. The Bertz CT molecular complexity index is 377. The van der Waals surface area contributed by atoms with Gasteiger partial charge in [-0.3, -0.25) is 9.69 Å². The van der Waals surface area contributed by atoms with E-state index in [-0.39, 0.29) is 6.54 Å². The molecule has 1 aliphatic heterocycles. The van der Waals surface area contributed by atoms with Gasteiger partial charge in [-0.15, -0.1) is 0 Å². The van der Waals surface area contributed by atoms with E-state index in [2.05, 4.69) is 29.2 Å². The predicted octanol–water partition coefficient (Wildman–Crippen LogP) is 2.56. The summed E-state index contributed by atoms with van der Waals surface area (Å²) in [5.74, 6) is -0.704. The van der Waals surface area contributed by atoms with Gasteiger partial charge in [0.15, 0.2) is 0 Å². The first-order chi connectivity index (χ1) is 8.75. The Morgan fingerprint density at radius 2 is 2.11 bits per heavy atom. The minimum Gasteiger partial charge on any atom is -0.480 e. The molecule has 2 rings (SSSR count). The molecular weight excluding hydrogens is 226 g/mol. The molecule has 0 radical (unpaired) electrons. The molecule has 1 aliphatic rings. The lowest BCUT2D eigenvalue weighted by molar-refractivity contribution is -0.138. The molecule has 3 nitrogen and oxygen atoms in total. The first-order valence-electron chi connectivity index (χ1n) is 6.75. The van der Waals surface area contributed by atoms with E-state index in [1.807, 2.05) is 6.07 Å². The molecule has 1 atom stereocenters. The van der Waals surface area contributed by atoms with Gasteiger partial charge in [-0.2, -0.15) is 0 Å². The van der Waals surface area contributed by atoms with E-state index in [0.717, 1.165) is 38.6 Å². The normalized spacial score (nSPS) is 20.1. The van der Waals surface area contributed by atoms with Gasteiger partial charge >= 0.3 is 5.97 Å². The maximum atomic E-state index is 10.8. The number of benzene rings is 1. The zero-order valence-corrected chi connectivity index (χ0v) is 10.7. The molecule has 0 unspecified atom stereocenters. The predicted molar refractivity (Wildman–Crippen MR) is 71.6 cm³/mol. The highest BCUT2D eigenvalue weighted by Crippen LogP contribution is 2.21. The largest absolute Gasteiger partial charge is 0.480 e. The molecular formula is C15H21NO2. The summed E-state index contributed by atoms with van der Waals surface area (Å²) >= 11 is 0. The van der Waals surface area contributed by atoms with E-state index in [1.165, 1.54) is 5.56 Å². The number of carboxylic acids is 1. The summed E-state index contributed by atoms with van der Waals surface area (Å²) in [4.78, 5) is 12.9. The van der Waals surface area contributed by atoms with Crippen molar-refractivity contribution in [2.45, 2.75) is 38.1 Å². The molecule has 1 fully saturated rings. The van der Waals surface area contributed by atoms with Crippen molar-refractivity contribution >= 4 is 5.97 Å². The summed E-state index contributed by atoms with van der Waals surface area (Å²) in [5, 5.41) is 8.85. The number of hydrogen-bond acceptors (Lipinski definition) is 2. The Kier molecular flexibility index (Phi) is 4.76. The molecule has 3 heteroatoms. The quantitative estimate of drug-likeness (QED) is 0.840. The van der Waals surface area contributed by atoms with Crippen LogP contribution in [0.4, 0.5) is 0 Å². The van der Waals surface area contributed by atoms with E-state index >= 15 is 0 Å². The van der Waals surface area contributed by atoms with Gasteiger partial charge in [0.1, 0.15) is 0 Å². The molecule has 0 bridgehead atoms. The first-order valence-corrected chi connectivity index (χ1v) is 6.75. The zero-order chi connectivity index (χ0) is 12.8. The number of hydrogen-bond donors (Lipinski definition) is 1. The fourth-order valence-corrected chi connectivity index (χ4v) is 2.79. The average molecular weight is 247 g/mol. The van der Waals surface area contributed by atoms with Gasteiger partial charge in [-0.1, -0.05) is 30.3 Å². The van der Waals surface area contributed by atoms with E-state index in [0.29, 0.717) is 6.04 Å². The van der Waals surface area contributed by atoms with Crippen LogP contribution in [0.3, 0.4) is 0 Å².